The van der Waals surface area contributed by atoms with Gasteiger partial charge in [0.2, 0.25) is 5.91 Å². The lowest BCUT2D eigenvalue weighted by atomic mass is 10.2. The molecule has 0 aliphatic carbocycles. The maximum atomic E-state index is 12.2. The van der Waals surface area contributed by atoms with Crippen molar-refractivity contribution in [2.24, 2.45) is 0 Å². The first-order valence-corrected chi connectivity index (χ1v) is 9.17. The standard InChI is InChI=1S/C16H15Cl2N5OS/c17-11-1-3-12(4-2-11)20-14(24)10-22-5-7-23(8-6-22)16-13(9-19)15(18)21-25-16/h1-4H,5-8,10H2,(H,20,24). The van der Waals surface area contributed by atoms with Crippen molar-refractivity contribution in [2.75, 3.05) is 42.9 Å². The number of nitrogens with one attached hydrogen (secondary N) is 1. The lowest BCUT2D eigenvalue weighted by molar-refractivity contribution is -0.117. The Morgan fingerprint density at radius 2 is 1.92 bits per heavy atom. The van der Waals surface area contributed by atoms with Gasteiger partial charge < -0.3 is 10.2 Å². The Morgan fingerprint density at radius 1 is 1.24 bits per heavy atom. The summed E-state index contributed by atoms with van der Waals surface area (Å²) in [6, 6.07) is 9.13. The number of benzene rings is 1. The summed E-state index contributed by atoms with van der Waals surface area (Å²) < 4.78 is 4.04. The average Bonchev–Trinajstić information content (AvgIpc) is 2.98. The minimum absolute atomic E-state index is 0.0608. The summed E-state index contributed by atoms with van der Waals surface area (Å²) >= 11 is 13.0. The first-order valence-electron chi connectivity index (χ1n) is 7.65. The van der Waals surface area contributed by atoms with Gasteiger partial charge in [-0.3, -0.25) is 9.69 Å². The van der Waals surface area contributed by atoms with Gasteiger partial charge in [0, 0.05) is 36.9 Å². The fourth-order valence-electron chi connectivity index (χ4n) is 2.62. The molecular formula is C16H15Cl2N5OS. The Hall–Kier alpha value is -1.85. The van der Waals surface area contributed by atoms with Gasteiger partial charge in [0.15, 0.2) is 5.15 Å². The van der Waals surface area contributed by atoms with E-state index in [2.05, 4.69) is 25.6 Å². The van der Waals surface area contributed by atoms with Crippen LogP contribution in [0.1, 0.15) is 5.56 Å². The van der Waals surface area contributed by atoms with Crippen molar-refractivity contribution in [1.29, 1.82) is 5.26 Å². The molecule has 1 fully saturated rings. The number of nitriles is 1. The number of carbonyl (C=O) groups excluding carboxylic acids is 1. The number of amides is 1. The number of hydrogen-bond acceptors (Lipinski definition) is 6. The van der Waals surface area contributed by atoms with Crippen LogP contribution < -0.4 is 10.2 Å². The van der Waals surface area contributed by atoms with E-state index < -0.39 is 0 Å². The lowest BCUT2D eigenvalue weighted by Crippen LogP contribution is -2.48. The third-order valence-corrected chi connectivity index (χ3v) is 5.43. The Bertz CT molecular complexity index is 794. The summed E-state index contributed by atoms with van der Waals surface area (Å²) in [7, 11) is 0. The molecule has 0 atom stereocenters. The second kappa shape index (κ2) is 8.02. The monoisotopic (exact) mass is 395 g/mol. The molecule has 0 saturated carbocycles. The normalized spacial score (nSPS) is 15.0. The maximum absolute atomic E-state index is 12.2. The van der Waals surface area contributed by atoms with Crippen molar-refractivity contribution in [2.45, 2.75) is 0 Å². The van der Waals surface area contributed by atoms with Crippen molar-refractivity contribution < 1.29 is 4.79 Å². The largest absolute Gasteiger partial charge is 0.358 e. The number of rotatable bonds is 4. The van der Waals surface area contributed by atoms with Gasteiger partial charge in [-0.05, 0) is 35.8 Å². The minimum atomic E-state index is -0.0608. The molecule has 0 bridgehead atoms. The van der Waals surface area contributed by atoms with Gasteiger partial charge in [-0.1, -0.05) is 23.2 Å². The zero-order valence-electron chi connectivity index (χ0n) is 13.2. The molecule has 3 rings (SSSR count). The second-order valence-corrected chi connectivity index (χ2v) is 7.13. The summed E-state index contributed by atoms with van der Waals surface area (Å²) in [5, 5.41) is 13.7. The van der Waals surface area contributed by atoms with Crippen LogP contribution in [0.2, 0.25) is 10.2 Å². The highest BCUT2D eigenvalue weighted by Gasteiger charge is 2.24. The Balaban J connectivity index is 1.51. The molecular weight excluding hydrogens is 381 g/mol. The van der Waals surface area contributed by atoms with E-state index in [4.69, 9.17) is 23.2 Å². The molecule has 0 spiro atoms. The van der Waals surface area contributed by atoms with Crippen molar-refractivity contribution in [3.63, 3.8) is 0 Å². The van der Waals surface area contributed by atoms with Crippen LogP contribution in [0.15, 0.2) is 24.3 Å². The van der Waals surface area contributed by atoms with E-state index in [1.807, 2.05) is 0 Å². The molecule has 0 radical (unpaired) electrons. The van der Waals surface area contributed by atoms with Gasteiger partial charge in [0.25, 0.3) is 0 Å². The highest BCUT2D eigenvalue weighted by atomic mass is 35.5. The van der Waals surface area contributed by atoms with E-state index in [0.717, 1.165) is 36.9 Å². The summed E-state index contributed by atoms with van der Waals surface area (Å²) in [4.78, 5) is 16.3. The van der Waals surface area contributed by atoms with E-state index in [1.165, 1.54) is 11.5 Å². The van der Waals surface area contributed by atoms with Crippen LogP contribution in [0.4, 0.5) is 10.7 Å². The average molecular weight is 396 g/mol. The molecule has 1 aliphatic heterocycles. The third kappa shape index (κ3) is 4.41. The summed E-state index contributed by atoms with van der Waals surface area (Å²) in [6.07, 6.45) is 0. The van der Waals surface area contributed by atoms with Crippen LogP contribution in [-0.2, 0) is 4.79 Å². The number of piperazine rings is 1. The predicted octanol–water partition coefficient (Wildman–Crippen LogP) is 3.08. The molecule has 130 valence electrons. The van der Waals surface area contributed by atoms with E-state index in [0.29, 0.717) is 17.1 Å². The SMILES string of the molecule is N#Cc1c(Cl)nsc1N1CCN(CC(=O)Nc2ccc(Cl)cc2)CC1. The number of anilines is 2. The van der Waals surface area contributed by atoms with Crippen molar-refractivity contribution >= 4 is 51.3 Å². The number of aromatic nitrogens is 1. The highest BCUT2D eigenvalue weighted by Crippen LogP contribution is 2.31. The first-order chi connectivity index (χ1) is 12.1. The zero-order chi connectivity index (χ0) is 17.8. The number of halogens is 2. The van der Waals surface area contributed by atoms with Crippen LogP contribution >= 0.6 is 34.7 Å². The smallest absolute Gasteiger partial charge is 0.238 e. The van der Waals surface area contributed by atoms with Crippen LogP contribution in [-0.4, -0.2) is 47.9 Å². The quantitative estimate of drug-likeness (QED) is 0.860. The Morgan fingerprint density at radius 3 is 2.56 bits per heavy atom. The predicted molar refractivity (Wildman–Crippen MR) is 101 cm³/mol. The molecule has 2 heterocycles. The van der Waals surface area contributed by atoms with Crippen LogP contribution in [0, 0.1) is 11.3 Å². The number of hydrogen-bond donors (Lipinski definition) is 1. The Kier molecular flexibility index (Phi) is 5.76. The fraction of sp³-hybridized carbons (Fsp3) is 0.312. The van der Waals surface area contributed by atoms with E-state index >= 15 is 0 Å². The van der Waals surface area contributed by atoms with Gasteiger partial charge in [-0.25, -0.2) is 0 Å². The molecule has 25 heavy (non-hydrogen) atoms. The number of carbonyl (C=O) groups is 1. The van der Waals surface area contributed by atoms with Gasteiger partial charge in [-0.2, -0.15) is 9.64 Å². The maximum Gasteiger partial charge on any atom is 0.238 e. The van der Waals surface area contributed by atoms with Gasteiger partial charge >= 0.3 is 0 Å². The van der Waals surface area contributed by atoms with Crippen LogP contribution in [0.5, 0.6) is 0 Å². The van der Waals surface area contributed by atoms with Crippen LogP contribution in [0.3, 0.4) is 0 Å². The third-order valence-electron chi connectivity index (χ3n) is 3.90. The summed E-state index contributed by atoms with van der Waals surface area (Å²) in [5.41, 5.74) is 1.16. The lowest BCUT2D eigenvalue weighted by Gasteiger charge is -2.34. The van der Waals surface area contributed by atoms with Crippen molar-refractivity contribution in [1.82, 2.24) is 9.27 Å². The Labute approximate surface area is 159 Å². The molecule has 9 heteroatoms. The van der Waals surface area contributed by atoms with Gasteiger partial charge in [0.1, 0.15) is 16.6 Å². The molecule has 1 saturated heterocycles. The van der Waals surface area contributed by atoms with E-state index in [1.54, 1.807) is 24.3 Å². The molecule has 1 N–H and O–H groups in total. The van der Waals surface area contributed by atoms with E-state index in [-0.39, 0.29) is 11.1 Å². The van der Waals surface area contributed by atoms with E-state index in [9.17, 15) is 10.1 Å². The van der Waals surface area contributed by atoms with Crippen LogP contribution in [0.25, 0.3) is 0 Å². The topological polar surface area (TPSA) is 72.3 Å². The van der Waals surface area contributed by atoms with Gasteiger partial charge in [-0.15, -0.1) is 0 Å². The van der Waals surface area contributed by atoms with Crippen molar-refractivity contribution in [3.05, 3.63) is 40.0 Å². The molecule has 1 aliphatic rings. The number of nitrogens with zero attached hydrogens (tertiary/aromatic N) is 4. The molecule has 1 aromatic heterocycles. The molecule has 2 aromatic rings. The summed E-state index contributed by atoms with van der Waals surface area (Å²) in [6.45, 7) is 3.23. The first kappa shape index (κ1) is 18.0. The molecule has 1 aromatic carbocycles. The second-order valence-electron chi connectivity index (χ2n) is 5.58. The summed E-state index contributed by atoms with van der Waals surface area (Å²) in [5.74, 6) is -0.0608. The molecule has 0 unspecified atom stereocenters. The molecule has 1 amide bonds. The fourth-order valence-corrected chi connectivity index (χ4v) is 3.83. The zero-order valence-corrected chi connectivity index (χ0v) is 15.5. The minimum Gasteiger partial charge on any atom is -0.358 e. The highest BCUT2D eigenvalue weighted by molar-refractivity contribution is 7.10. The van der Waals surface area contributed by atoms with Gasteiger partial charge in [0.05, 0.1) is 6.54 Å². The molecule has 6 nitrogen and oxygen atoms in total. The van der Waals surface area contributed by atoms with Crippen molar-refractivity contribution in [3.8, 4) is 6.07 Å².